The van der Waals surface area contributed by atoms with Gasteiger partial charge >= 0.3 is 5.97 Å². The number of pyridine rings is 2. The van der Waals surface area contributed by atoms with Gasteiger partial charge in [0.05, 0.1) is 5.56 Å². The van der Waals surface area contributed by atoms with Crippen molar-refractivity contribution in [1.82, 2.24) is 14.1 Å². The fourth-order valence-electron chi connectivity index (χ4n) is 3.13. The second-order valence-electron chi connectivity index (χ2n) is 5.66. The van der Waals surface area contributed by atoms with E-state index >= 15 is 0 Å². The minimum absolute atomic E-state index is 0.0866. The van der Waals surface area contributed by atoms with Gasteiger partial charge in [0.25, 0.3) is 5.56 Å². The summed E-state index contributed by atoms with van der Waals surface area (Å²) in [5.74, 6) is -1.38. The molecule has 0 spiro atoms. The van der Waals surface area contributed by atoms with Crippen LogP contribution in [0.4, 0.5) is 4.39 Å². The second kappa shape index (κ2) is 5.27. The number of rotatable bonds is 2. The Hall–Kier alpha value is -3.48. The van der Waals surface area contributed by atoms with Crippen LogP contribution in [0.3, 0.4) is 0 Å². The van der Waals surface area contributed by atoms with Crippen molar-refractivity contribution in [2.24, 2.45) is 7.05 Å². The molecular weight excluding hydrogens is 325 g/mol. The highest BCUT2D eigenvalue weighted by molar-refractivity contribution is 6.16. The number of fused-ring (bicyclic) bond motifs is 3. The number of nitrogens with zero attached hydrogens (tertiary/aromatic N) is 3. The van der Waals surface area contributed by atoms with Crippen LogP contribution in [0.15, 0.2) is 53.6 Å². The van der Waals surface area contributed by atoms with E-state index in [1.54, 1.807) is 29.8 Å². The highest BCUT2D eigenvalue weighted by Gasteiger charge is 2.22. The molecule has 124 valence electrons. The van der Waals surface area contributed by atoms with Gasteiger partial charge < -0.3 is 9.67 Å². The molecular formula is C18H12FN3O3. The Morgan fingerprint density at radius 1 is 1.24 bits per heavy atom. The van der Waals surface area contributed by atoms with Crippen molar-refractivity contribution in [2.45, 2.75) is 0 Å². The Balaban J connectivity index is 2.26. The van der Waals surface area contributed by atoms with Crippen LogP contribution in [0.25, 0.3) is 27.6 Å². The Labute approximate surface area is 140 Å². The molecule has 7 heteroatoms. The monoisotopic (exact) mass is 337 g/mol. The lowest BCUT2D eigenvalue weighted by Crippen LogP contribution is -2.22. The van der Waals surface area contributed by atoms with Gasteiger partial charge in [0.15, 0.2) is 0 Å². The maximum absolute atomic E-state index is 13.7. The summed E-state index contributed by atoms with van der Waals surface area (Å²) in [4.78, 5) is 28.9. The van der Waals surface area contributed by atoms with Crippen LogP contribution < -0.4 is 5.56 Å². The normalized spacial score (nSPS) is 11.3. The molecule has 0 radical (unpaired) electrons. The molecule has 1 aromatic carbocycles. The molecule has 4 rings (SSSR count). The van der Waals surface area contributed by atoms with E-state index in [9.17, 15) is 19.1 Å². The molecule has 0 atom stereocenters. The maximum atomic E-state index is 13.7. The summed E-state index contributed by atoms with van der Waals surface area (Å²) in [5, 5.41) is 10.3. The Morgan fingerprint density at radius 3 is 2.72 bits per heavy atom. The first-order chi connectivity index (χ1) is 12.0. The van der Waals surface area contributed by atoms with E-state index in [1.807, 2.05) is 0 Å². The maximum Gasteiger partial charge on any atom is 0.337 e. The Morgan fingerprint density at radius 2 is 2.04 bits per heavy atom. The smallest absolute Gasteiger partial charge is 0.337 e. The largest absolute Gasteiger partial charge is 0.478 e. The lowest BCUT2D eigenvalue weighted by Gasteiger charge is -2.08. The van der Waals surface area contributed by atoms with Crippen LogP contribution in [0, 0.1) is 5.82 Å². The first-order valence-electron chi connectivity index (χ1n) is 7.47. The summed E-state index contributed by atoms with van der Waals surface area (Å²) in [6.45, 7) is 0. The molecule has 0 unspecified atom stereocenters. The highest BCUT2D eigenvalue weighted by atomic mass is 19.1. The van der Waals surface area contributed by atoms with E-state index in [2.05, 4.69) is 4.98 Å². The van der Waals surface area contributed by atoms with Crippen molar-refractivity contribution in [3.63, 3.8) is 0 Å². The molecule has 3 heterocycles. The first-order valence-corrected chi connectivity index (χ1v) is 7.47. The molecule has 0 saturated carbocycles. The summed E-state index contributed by atoms with van der Waals surface area (Å²) in [6, 6.07) is 9.07. The predicted octanol–water partition coefficient (Wildman–Crippen LogP) is 2.71. The van der Waals surface area contributed by atoms with E-state index in [4.69, 9.17) is 0 Å². The zero-order chi connectivity index (χ0) is 17.7. The predicted molar refractivity (Wildman–Crippen MR) is 90.7 cm³/mol. The number of hydrogen-bond donors (Lipinski definition) is 1. The van der Waals surface area contributed by atoms with Gasteiger partial charge in [0.1, 0.15) is 17.2 Å². The van der Waals surface area contributed by atoms with Crippen molar-refractivity contribution in [3.05, 3.63) is 70.5 Å². The van der Waals surface area contributed by atoms with Gasteiger partial charge in [-0.25, -0.2) is 14.2 Å². The summed E-state index contributed by atoms with van der Waals surface area (Å²) in [7, 11) is 1.65. The molecule has 1 N–H and O–H groups in total. The summed E-state index contributed by atoms with van der Waals surface area (Å²) in [6.07, 6.45) is 2.75. The number of carboxylic acid groups (broad SMARTS) is 1. The zero-order valence-corrected chi connectivity index (χ0v) is 13.1. The standard InChI is InChI=1S/C18H12FN3O3/c1-21-13-6-5-10(19)8-11(13)15-12(18(24)25)9-22(17(23)16(15)21)14-4-2-3-7-20-14/h2-9H,1H3,(H,24,25). The average molecular weight is 337 g/mol. The molecule has 3 aromatic heterocycles. The average Bonchev–Trinajstić information content (AvgIpc) is 2.89. The number of benzene rings is 1. The minimum Gasteiger partial charge on any atom is -0.478 e. The first kappa shape index (κ1) is 15.1. The number of aryl methyl sites for hydroxylation is 1. The molecule has 0 aliphatic rings. The van der Waals surface area contributed by atoms with Crippen molar-refractivity contribution < 1.29 is 14.3 Å². The number of carboxylic acids is 1. The van der Waals surface area contributed by atoms with Crippen molar-refractivity contribution in [1.29, 1.82) is 0 Å². The Bertz CT molecular complexity index is 1210. The van der Waals surface area contributed by atoms with Crippen LogP contribution >= 0.6 is 0 Å². The molecule has 0 aliphatic heterocycles. The van der Waals surface area contributed by atoms with Gasteiger partial charge in [0.2, 0.25) is 0 Å². The summed E-state index contributed by atoms with van der Waals surface area (Å²) < 4.78 is 16.5. The molecule has 0 aliphatic carbocycles. The van der Waals surface area contributed by atoms with Gasteiger partial charge in [-0.1, -0.05) is 6.07 Å². The number of carbonyl (C=O) groups is 1. The lowest BCUT2D eigenvalue weighted by atomic mass is 10.1. The molecule has 0 saturated heterocycles. The molecule has 4 aromatic rings. The van der Waals surface area contributed by atoms with Gasteiger partial charge in [0, 0.05) is 35.7 Å². The van der Waals surface area contributed by atoms with Crippen LogP contribution in [0.5, 0.6) is 0 Å². The van der Waals surface area contributed by atoms with Gasteiger partial charge in [-0.3, -0.25) is 9.36 Å². The third kappa shape index (κ3) is 2.13. The highest BCUT2D eigenvalue weighted by Crippen LogP contribution is 2.30. The van der Waals surface area contributed by atoms with Crippen molar-refractivity contribution in [2.75, 3.05) is 0 Å². The number of aromatic carboxylic acids is 1. The quantitative estimate of drug-likeness (QED) is 0.610. The lowest BCUT2D eigenvalue weighted by molar-refractivity contribution is 0.0698. The van der Waals surface area contributed by atoms with Crippen LogP contribution in [-0.2, 0) is 7.05 Å². The fourth-order valence-corrected chi connectivity index (χ4v) is 3.13. The van der Waals surface area contributed by atoms with E-state index < -0.39 is 17.3 Å². The fraction of sp³-hybridized carbons (Fsp3) is 0.0556. The summed E-state index contributed by atoms with van der Waals surface area (Å²) in [5.41, 5.74) is 0.259. The van der Waals surface area contributed by atoms with E-state index in [-0.39, 0.29) is 16.5 Å². The van der Waals surface area contributed by atoms with Gasteiger partial charge in [-0.05, 0) is 30.3 Å². The zero-order valence-electron chi connectivity index (χ0n) is 13.1. The number of hydrogen-bond acceptors (Lipinski definition) is 3. The molecule has 0 fully saturated rings. The third-order valence-corrected chi connectivity index (χ3v) is 4.24. The van der Waals surface area contributed by atoms with Crippen molar-refractivity contribution >= 4 is 27.8 Å². The van der Waals surface area contributed by atoms with Gasteiger partial charge in [-0.2, -0.15) is 0 Å². The topological polar surface area (TPSA) is 77.1 Å². The molecule has 0 bridgehead atoms. The number of aromatic nitrogens is 3. The molecule has 25 heavy (non-hydrogen) atoms. The molecule has 6 nitrogen and oxygen atoms in total. The van der Waals surface area contributed by atoms with E-state index in [0.29, 0.717) is 16.7 Å². The SMILES string of the molecule is Cn1c2ccc(F)cc2c2c(C(=O)O)cn(-c3ccccn3)c(=O)c21. The van der Waals surface area contributed by atoms with Crippen LogP contribution in [0.2, 0.25) is 0 Å². The van der Waals surface area contributed by atoms with Crippen LogP contribution in [-0.4, -0.2) is 25.2 Å². The molecule has 0 amide bonds. The van der Waals surface area contributed by atoms with E-state index in [1.165, 1.54) is 35.2 Å². The number of halogens is 1. The summed E-state index contributed by atoms with van der Waals surface area (Å²) >= 11 is 0. The minimum atomic E-state index is -1.20. The van der Waals surface area contributed by atoms with Gasteiger partial charge in [-0.15, -0.1) is 0 Å². The second-order valence-corrected chi connectivity index (χ2v) is 5.66. The third-order valence-electron chi connectivity index (χ3n) is 4.24. The van der Waals surface area contributed by atoms with Crippen molar-refractivity contribution in [3.8, 4) is 5.82 Å². The Kier molecular flexibility index (Phi) is 3.18. The van der Waals surface area contributed by atoms with Crippen LogP contribution in [0.1, 0.15) is 10.4 Å². The van der Waals surface area contributed by atoms with E-state index in [0.717, 1.165) is 0 Å².